The Bertz CT molecular complexity index is 1230. The lowest BCUT2D eigenvalue weighted by atomic mass is 9.96. The van der Waals surface area contributed by atoms with Gasteiger partial charge in [0.05, 0.1) is 25.0 Å². The summed E-state index contributed by atoms with van der Waals surface area (Å²) in [6.07, 6.45) is -3.86. The highest BCUT2D eigenvalue weighted by atomic mass is 79.9. The Labute approximate surface area is 227 Å². The molecule has 2 unspecified atom stereocenters. The van der Waals surface area contributed by atoms with E-state index in [-0.39, 0.29) is 38.5 Å². The number of hydrogen-bond acceptors (Lipinski definition) is 8. The maximum absolute atomic E-state index is 13.4. The number of rotatable bonds is 5. The zero-order valence-electron chi connectivity index (χ0n) is 18.5. The summed E-state index contributed by atoms with van der Waals surface area (Å²) in [4.78, 5) is 29.2. The van der Waals surface area contributed by atoms with Crippen LogP contribution in [0.5, 0.6) is 0 Å². The Morgan fingerprint density at radius 1 is 1.27 bits per heavy atom. The number of benzene rings is 1. The molecule has 0 bridgehead atoms. The molecule has 0 amide bonds. The zero-order valence-corrected chi connectivity index (χ0v) is 22.5. The molecule has 2 aliphatic rings. The first-order chi connectivity index (χ1) is 17.4. The Morgan fingerprint density at radius 3 is 2.49 bits per heavy atom. The first kappa shape index (κ1) is 29.2. The first-order valence-corrected chi connectivity index (χ1v) is 13.0. The van der Waals surface area contributed by atoms with Gasteiger partial charge in [-0.1, -0.05) is 37.9 Å². The third kappa shape index (κ3) is 7.34. The SMILES string of the molecule is O=C(O)C1=C(CBr)NC(c2ncc(C(F)(F)F)s2)=NC1c1ccc(F)cc1Br.O=C(O)C1COCCN1. The van der Waals surface area contributed by atoms with Crippen molar-refractivity contribution in [2.45, 2.75) is 18.3 Å². The number of carboxylic acids is 2. The predicted molar refractivity (Wildman–Crippen MR) is 132 cm³/mol. The zero-order chi connectivity index (χ0) is 27.3. The van der Waals surface area contributed by atoms with Crippen LogP contribution in [0.4, 0.5) is 17.6 Å². The molecule has 1 fully saturated rings. The van der Waals surface area contributed by atoms with Gasteiger partial charge in [0.2, 0.25) is 0 Å². The average Bonchev–Trinajstić information content (AvgIpc) is 3.35. The average molecular weight is 674 g/mol. The van der Waals surface area contributed by atoms with Crippen LogP contribution in [0.25, 0.3) is 0 Å². The molecule has 16 heteroatoms. The van der Waals surface area contributed by atoms with Crippen LogP contribution in [0, 0.1) is 5.82 Å². The third-order valence-corrected chi connectivity index (χ3v) is 7.25. The molecule has 0 aliphatic carbocycles. The molecule has 2 atom stereocenters. The highest BCUT2D eigenvalue weighted by Crippen LogP contribution is 2.38. The second-order valence-corrected chi connectivity index (χ2v) is 9.90. The van der Waals surface area contributed by atoms with E-state index in [1.54, 1.807) is 0 Å². The number of nitrogens with one attached hydrogen (secondary N) is 2. The standard InChI is InChI=1S/C16H9Br2F4N3O2S.C5H9NO3/c17-4-9-11(15(26)27)12(7-2-1-6(19)3-8(7)18)25-13(24-9)14-23-5-10(28-14)16(20,21)22;7-5(8)4-3-9-2-1-6-4/h1-3,5,12H,4H2,(H,24,25)(H,26,27);4,6H,1-3H2,(H,7,8). The molecular weight excluding hydrogens is 656 g/mol. The molecule has 37 heavy (non-hydrogen) atoms. The van der Waals surface area contributed by atoms with Gasteiger partial charge in [0.25, 0.3) is 0 Å². The van der Waals surface area contributed by atoms with Crippen molar-refractivity contribution in [1.82, 2.24) is 15.6 Å². The molecule has 0 spiro atoms. The number of carbonyl (C=O) groups is 2. The van der Waals surface area contributed by atoms with Gasteiger partial charge in [-0.05, 0) is 17.7 Å². The van der Waals surface area contributed by atoms with Gasteiger partial charge in [-0.15, -0.1) is 11.3 Å². The van der Waals surface area contributed by atoms with Gasteiger partial charge in [0.1, 0.15) is 22.8 Å². The predicted octanol–water partition coefficient (Wildman–Crippen LogP) is 3.95. The van der Waals surface area contributed by atoms with E-state index in [9.17, 15) is 32.3 Å². The number of nitrogens with zero attached hydrogens (tertiary/aromatic N) is 2. The molecule has 9 nitrogen and oxygen atoms in total. The summed E-state index contributed by atoms with van der Waals surface area (Å²) >= 11 is 6.75. The van der Waals surface area contributed by atoms with Crippen molar-refractivity contribution in [3.63, 3.8) is 0 Å². The molecular formula is C21H18Br2F4N4O5S. The number of aliphatic imine (C=N–C) groups is 1. The summed E-state index contributed by atoms with van der Waals surface area (Å²) in [5.74, 6) is -2.64. The molecule has 3 heterocycles. The van der Waals surface area contributed by atoms with Crippen LogP contribution in [0.15, 0.2) is 45.1 Å². The molecule has 200 valence electrons. The van der Waals surface area contributed by atoms with Crippen LogP contribution in [0.1, 0.15) is 21.5 Å². The van der Waals surface area contributed by atoms with Crippen molar-refractivity contribution < 1.29 is 42.1 Å². The van der Waals surface area contributed by atoms with Crippen LogP contribution in [0.2, 0.25) is 0 Å². The van der Waals surface area contributed by atoms with Gasteiger partial charge in [-0.3, -0.25) is 9.79 Å². The van der Waals surface area contributed by atoms with E-state index in [1.165, 1.54) is 6.07 Å². The van der Waals surface area contributed by atoms with E-state index in [4.69, 9.17) is 9.84 Å². The van der Waals surface area contributed by atoms with E-state index in [1.807, 2.05) is 0 Å². The lowest BCUT2D eigenvalue weighted by molar-refractivity contribution is -0.142. The Kier molecular flexibility index (Phi) is 9.80. The van der Waals surface area contributed by atoms with Crippen molar-refractivity contribution in [3.05, 3.63) is 61.4 Å². The molecule has 1 aromatic heterocycles. The van der Waals surface area contributed by atoms with Crippen molar-refractivity contribution in [2.24, 2.45) is 4.99 Å². The van der Waals surface area contributed by atoms with E-state index >= 15 is 0 Å². The molecule has 4 N–H and O–H groups in total. The minimum absolute atomic E-state index is 0.00109. The van der Waals surface area contributed by atoms with Gasteiger partial charge < -0.3 is 25.6 Å². The number of allylic oxidation sites excluding steroid dienone is 1. The maximum Gasteiger partial charge on any atom is 0.427 e. The van der Waals surface area contributed by atoms with Gasteiger partial charge in [0.15, 0.2) is 10.8 Å². The fourth-order valence-electron chi connectivity index (χ4n) is 3.25. The van der Waals surface area contributed by atoms with E-state index < -0.39 is 40.9 Å². The number of aromatic nitrogens is 1. The van der Waals surface area contributed by atoms with E-state index in [2.05, 4.69) is 52.5 Å². The first-order valence-electron chi connectivity index (χ1n) is 10.3. The third-order valence-electron chi connectivity index (χ3n) is 4.95. The van der Waals surface area contributed by atoms with Crippen LogP contribution in [-0.4, -0.2) is 64.1 Å². The van der Waals surface area contributed by atoms with Crippen molar-refractivity contribution >= 4 is 61.0 Å². The number of carboxylic acid groups (broad SMARTS) is 2. The van der Waals surface area contributed by atoms with Gasteiger partial charge in [-0.25, -0.2) is 14.2 Å². The summed E-state index contributed by atoms with van der Waals surface area (Å²) in [5, 5.41) is 23.6. The second kappa shape index (κ2) is 12.4. The van der Waals surface area contributed by atoms with Gasteiger partial charge in [-0.2, -0.15) is 13.2 Å². The van der Waals surface area contributed by atoms with Crippen LogP contribution < -0.4 is 10.6 Å². The number of thiazole rings is 1. The minimum atomic E-state index is -4.55. The summed E-state index contributed by atoms with van der Waals surface area (Å²) in [6.45, 7) is 1.54. The van der Waals surface area contributed by atoms with Crippen molar-refractivity contribution in [3.8, 4) is 0 Å². The van der Waals surface area contributed by atoms with Crippen LogP contribution in [-0.2, 0) is 20.5 Å². The normalized spacial score (nSPS) is 19.9. The number of aliphatic carboxylic acids is 2. The number of amidine groups is 1. The smallest absolute Gasteiger partial charge is 0.427 e. The highest BCUT2D eigenvalue weighted by Gasteiger charge is 2.36. The Morgan fingerprint density at radius 2 is 2.00 bits per heavy atom. The van der Waals surface area contributed by atoms with Crippen LogP contribution in [0.3, 0.4) is 0 Å². The van der Waals surface area contributed by atoms with E-state index in [0.717, 1.165) is 12.1 Å². The number of morpholine rings is 1. The highest BCUT2D eigenvalue weighted by molar-refractivity contribution is 9.10. The lowest BCUT2D eigenvalue weighted by Gasteiger charge is -2.25. The summed E-state index contributed by atoms with van der Waals surface area (Å²) in [6, 6.07) is 2.10. The van der Waals surface area contributed by atoms with Crippen molar-refractivity contribution in [2.75, 3.05) is 25.1 Å². The fraction of sp³-hybridized carbons (Fsp3) is 0.333. The number of alkyl halides is 4. The molecule has 1 aromatic carbocycles. The summed E-state index contributed by atoms with van der Waals surface area (Å²) < 4.78 is 57.3. The van der Waals surface area contributed by atoms with Crippen molar-refractivity contribution in [1.29, 1.82) is 0 Å². The van der Waals surface area contributed by atoms with Crippen LogP contribution >= 0.6 is 43.2 Å². The number of halogens is 6. The molecule has 2 aromatic rings. The van der Waals surface area contributed by atoms with Gasteiger partial charge in [0, 0.05) is 22.0 Å². The largest absolute Gasteiger partial charge is 0.480 e. The summed E-state index contributed by atoms with van der Waals surface area (Å²) in [7, 11) is 0. The summed E-state index contributed by atoms with van der Waals surface area (Å²) in [5.41, 5.74) is 0.451. The number of hydrogen-bond donors (Lipinski definition) is 4. The molecule has 1 saturated heterocycles. The maximum atomic E-state index is 13.4. The molecule has 2 aliphatic heterocycles. The van der Waals surface area contributed by atoms with Gasteiger partial charge >= 0.3 is 18.1 Å². The topological polar surface area (TPSA) is 133 Å². The molecule has 0 radical (unpaired) electrons. The molecule has 0 saturated carbocycles. The Hall–Kier alpha value is -2.40. The monoisotopic (exact) mass is 672 g/mol. The quantitative estimate of drug-likeness (QED) is 0.277. The fourth-order valence-corrected chi connectivity index (χ4v) is 4.99. The minimum Gasteiger partial charge on any atom is -0.480 e. The second-order valence-electron chi connectivity index (χ2n) is 7.45. The molecule has 4 rings (SSSR count). The number of ether oxygens (including phenoxy) is 1. The Balaban J connectivity index is 0.000000356. The lowest BCUT2D eigenvalue weighted by Crippen LogP contribution is -2.46. The van der Waals surface area contributed by atoms with E-state index in [0.29, 0.717) is 36.2 Å².